The third-order valence-corrected chi connectivity index (χ3v) is 3.63. The van der Waals surface area contributed by atoms with E-state index in [1.54, 1.807) is 6.20 Å². The zero-order valence-electron chi connectivity index (χ0n) is 11.4. The number of aryl methyl sites for hydroxylation is 1. The Morgan fingerprint density at radius 3 is 2.68 bits per heavy atom. The molecule has 102 valence electrons. The van der Waals surface area contributed by atoms with Crippen LogP contribution in [0.15, 0.2) is 16.9 Å². The van der Waals surface area contributed by atoms with Gasteiger partial charge in [0.1, 0.15) is 5.82 Å². The summed E-state index contributed by atoms with van der Waals surface area (Å²) < 4.78 is 2.65. The lowest BCUT2D eigenvalue weighted by molar-refractivity contribution is 0.633. The van der Waals surface area contributed by atoms with Crippen molar-refractivity contribution in [2.45, 2.75) is 33.7 Å². The lowest BCUT2D eigenvalue weighted by Gasteiger charge is -2.09. The highest BCUT2D eigenvalue weighted by Crippen LogP contribution is 2.26. The predicted molar refractivity (Wildman–Crippen MR) is 79.6 cm³/mol. The Morgan fingerprint density at radius 1 is 1.37 bits per heavy atom. The highest BCUT2D eigenvalue weighted by Gasteiger charge is 2.13. The van der Waals surface area contributed by atoms with E-state index in [1.165, 1.54) is 0 Å². The minimum atomic E-state index is 0.477. The van der Waals surface area contributed by atoms with Crippen LogP contribution >= 0.6 is 15.9 Å². The van der Waals surface area contributed by atoms with E-state index in [0.717, 1.165) is 28.7 Å². The summed E-state index contributed by atoms with van der Waals surface area (Å²) >= 11 is 3.46. The van der Waals surface area contributed by atoms with Crippen LogP contribution in [0.25, 0.3) is 11.4 Å². The first-order chi connectivity index (χ1) is 9.01. The Labute approximate surface area is 121 Å². The van der Waals surface area contributed by atoms with E-state index in [4.69, 9.17) is 5.73 Å². The van der Waals surface area contributed by atoms with Crippen molar-refractivity contribution in [3.8, 4) is 11.4 Å². The molecule has 0 aliphatic rings. The first-order valence-corrected chi connectivity index (χ1v) is 7.15. The van der Waals surface area contributed by atoms with Crippen molar-refractivity contribution in [3.63, 3.8) is 0 Å². The molecule has 0 radical (unpaired) electrons. The third-order valence-electron chi connectivity index (χ3n) is 2.76. The van der Waals surface area contributed by atoms with Crippen LogP contribution in [-0.2, 0) is 13.0 Å². The fourth-order valence-electron chi connectivity index (χ4n) is 1.82. The number of nitrogens with zero attached hydrogens (tertiary/aromatic N) is 4. The lowest BCUT2D eigenvalue weighted by Crippen LogP contribution is -2.05. The van der Waals surface area contributed by atoms with Gasteiger partial charge in [0.15, 0.2) is 5.82 Å². The van der Waals surface area contributed by atoms with Crippen LogP contribution in [-0.4, -0.2) is 19.7 Å². The zero-order valence-corrected chi connectivity index (χ0v) is 13.0. The fourth-order valence-corrected chi connectivity index (χ4v) is 2.16. The summed E-state index contributed by atoms with van der Waals surface area (Å²) in [5.41, 5.74) is 7.79. The second-order valence-corrected chi connectivity index (χ2v) is 5.67. The average molecular weight is 324 g/mol. The van der Waals surface area contributed by atoms with Crippen LogP contribution in [0.3, 0.4) is 0 Å². The Kier molecular flexibility index (Phi) is 4.19. The molecule has 2 rings (SSSR count). The number of anilines is 1. The van der Waals surface area contributed by atoms with Crippen molar-refractivity contribution in [1.82, 2.24) is 19.7 Å². The van der Waals surface area contributed by atoms with Gasteiger partial charge in [-0.25, -0.2) is 9.97 Å². The molecular formula is C13H18BrN5. The smallest absolute Gasteiger partial charge is 0.165 e. The highest BCUT2D eigenvalue weighted by molar-refractivity contribution is 9.10. The van der Waals surface area contributed by atoms with Crippen molar-refractivity contribution < 1.29 is 0 Å². The number of nitrogens with two attached hydrogens (primary N) is 1. The molecule has 0 atom stereocenters. The van der Waals surface area contributed by atoms with E-state index in [-0.39, 0.29) is 0 Å². The van der Waals surface area contributed by atoms with Gasteiger partial charge in [0.2, 0.25) is 0 Å². The topological polar surface area (TPSA) is 69.6 Å². The van der Waals surface area contributed by atoms with E-state index >= 15 is 0 Å². The maximum atomic E-state index is 5.95. The standard InChI is InChI=1S/C13H18BrN5/c1-4-19-7-9(6-16-19)13-17-10(5-8(2)3)11(14)12(15)18-13/h6-8H,4-5H2,1-3H3,(H2,15,17,18). The van der Waals surface area contributed by atoms with E-state index in [0.29, 0.717) is 17.6 Å². The van der Waals surface area contributed by atoms with E-state index in [1.807, 2.05) is 17.8 Å². The minimum absolute atomic E-state index is 0.477. The van der Waals surface area contributed by atoms with Crippen LogP contribution in [0.5, 0.6) is 0 Å². The summed E-state index contributed by atoms with van der Waals surface area (Å²) in [6.45, 7) is 7.17. The molecule has 0 unspecified atom stereocenters. The van der Waals surface area contributed by atoms with Gasteiger partial charge in [-0.3, -0.25) is 4.68 Å². The SMILES string of the molecule is CCn1cc(-c2nc(N)c(Br)c(CC(C)C)n2)cn1. The molecule has 6 heteroatoms. The van der Waals surface area contributed by atoms with Crippen LogP contribution in [0.1, 0.15) is 26.5 Å². The summed E-state index contributed by atoms with van der Waals surface area (Å²) in [6, 6.07) is 0. The molecule has 19 heavy (non-hydrogen) atoms. The van der Waals surface area contributed by atoms with Crippen molar-refractivity contribution in [2.75, 3.05) is 5.73 Å². The van der Waals surface area contributed by atoms with Gasteiger partial charge in [0, 0.05) is 12.7 Å². The molecule has 5 nitrogen and oxygen atoms in total. The number of halogens is 1. The minimum Gasteiger partial charge on any atom is -0.383 e. The molecule has 0 spiro atoms. The Balaban J connectivity index is 2.43. The largest absolute Gasteiger partial charge is 0.383 e. The van der Waals surface area contributed by atoms with Crippen molar-refractivity contribution in [1.29, 1.82) is 0 Å². The second kappa shape index (κ2) is 5.69. The van der Waals surface area contributed by atoms with Crippen molar-refractivity contribution in [3.05, 3.63) is 22.6 Å². The summed E-state index contributed by atoms with van der Waals surface area (Å²) in [7, 11) is 0. The lowest BCUT2D eigenvalue weighted by atomic mass is 10.1. The fraction of sp³-hybridized carbons (Fsp3) is 0.462. The molecule has 2 aromatic rings. The number of aromatic nitrogens is 4. The van der Waals surface area contributed by atoms with E-state index in [9.17, 15) is 0 Å². The predicted octanol–water partition coefficient (Wildman–Crippen LogP) is 2.90. The molecule has 0 amide bonds. The van der Waals surface area contributed by atoms with E-state index < -0.39 is 0 Å². The molecule has 0 saturated carbocycles. The first-order valence-electron chi connectivity index (χ1n) is 6.36. The maximum Gasteiger partial charge on any atom is 0.165 e. The number of hydrogen-bond donors (Lipinski definition) is 1. The Hall–Kier alpha value is -1.43. The normalized spacial score (nSPS) is 11.2. The van der Waals surface area contributed by atoms with Crippen LogP contribution in [0.2, 0.25) is 0 Å². The van der Waals surface area contributed by atoms with Crippen molar-refractivity contribution >= 4 is 21.7 Å². The number of rotatable bonds is 4. The molecule has 0 bridgehead atoms. The van der Waals surface area contributed by atoms with Gasteiger partial charge in [-0.2, -0.15) is 5.10 Å². The number of nitrogen functional groups attached to an aromatic ring is 1. The number of hydrogen-bond acceptors (Lipinski definition) is 4. The van der Waals surface area contributed by atoms with E-state index in [2.05, 4.69) is 44.8 Å². The van der Waals surface area contributed by atoms with Gasteiger partial charge >= 0.3 is 0 Å². The van der Waals surface area contributed by atoms with Gasteiger partial charge in [0.05, 0.1) is 21.9 Å². The second-order valence-electron chi connectivity index (χ2n) is 4.88. The molecule has 0 aromatic carbocycles. The molecule has 2 aromatic heterocycles. The van der Waals surface area contributed by atoms with Crippen LogP contribution in [0.4, 0.5) is 5.82 Å². The molecule has 2 N–H and O–H groups in total. The molecule has 0 fully saturated rings. The Bertz CT molecular complexity index is 576. The molecule has 2 heterocycles. The van der Waals surface area contributed by atoms with Crippen LogP contribution < -0.4 is 5.73 Å². The van der Waals surface area contributed by atoms with Gasteiger partial charge in [0.25, 0.3) is 0 Å². The molecule has 0 aliphatic heterocycles. The van der Waals surface area contributed by atoms with Crippen molar-refractivity contribution in [2.24, 2.45) is 5.92 Å². The average Bonchev–Trinajstić information content (AvgIpc) is 2.82. The highest BCUT2D eigenvalue weighted by atomic mass is 79.9. The third kappa shape index (κ3) is 3.12. The zero-order chi connectivity index (χ0) is 14.0. The van der Waals surface area contributed by atoms with Gasteiger partial charge in [-0.05, 0) is 35.2 Å². The molecular weight excluding hydrogens is 306 g/mol. The summed E-state index contributed by atoms with van der Waals surface area (Å²) in [5, 5.41) is 4.24. The summed E-state index contributed by atoms with van der Waals surface area (Å²) in [6.07, 6.45) is 4.56. The van der Waals surface area contributed by atoms with Crippen LogP contribution in [0, 0.1) is 5.92 Å². The van der Waals surface area contributed by atoms with Gasteiger partial charge in [-0.15, -0.1) is 0 Å². The Morgan fingerprint density at radius 2 is 2.11 bits per heavy atom. The first kappa shape index (κ1) is 14.0. The molecule has 0 saturated heterocycles. The molecule has 0 aliphatic carbocycles. The summed E-state index contributed by atoms with van der Waals surface area (Å²) in [4.78, 5) is 8.92. The summed E-state index contributed by atoms with van der Waals surface area (Å²) in [5.74, 6) is 1.62. The van der Waals surface area contributed by atoms with Gasteiger partial charge < -0.3 is 5.73 Å². The van der Waals surface area contributed by atoms with Gasteiger partial charge in [-0.1, -0.05) is 13.8 Å². The monoisotopic (exact) mass is 323 g/mol. The quantitative estimate of drug-likeness (QED) is 0.939. The maximum absolute atomic E-state index is 5.95.